The van der Waals surface area contributed by atoms with Crippen molar-refractivity contribution in [3.8, 4) is 17.1 Å². The molecule has 0 aliphatic carbocycles. The predicted molar refractivity (Wildman–Crippen MR) is 78.4 cm³/mol. The number of ether oxygens (including phenoxy) is 1. The summed E-state index contributed by atoms with van der Waals surface area (Å²) >= 11 is 0. The number of hydrogen-bond donors (Lipinski definition) is 3. The molecule has 1 aromatic carbocycles. The maximum absolute atomic E-state index is 13.1. The van der Waals surface area contributed by atoms with Crippen LogP contribution in [-0.2, 0) is 4.79 Å². The average Bonchev–Trinajstić information content (AvgIpc) is 3.13. The summed E-state index contributed by atoms with van der Waals surface area (Å²) in [6.45, 7) is -0.508. The van der Waals surface area contributed by atoms with Crippen LogP contribution >= 0.6 is 0 Å². The lowest BCUT2D eigenvalue weighted by molar-refractivity contribution is -0.118. The minimum atomic E-state index is -2.87. The Hall–Kier alpha value is -2.55. The number of nitrogens with one attached hydrogen (secondary N) is 3. The van der Waals surface area contributed by atoms with Gasteiger partial charge >= 0.3 is 0 Å². The lowest BCUT2D eigenvalue weighted by Gasteiger charge is -2.08. The lowest BCUT2D eigenvalue weighted by Crippen LogP contribution is -2.35. The van der Waals surface area contributed by atoms with E-state index in [4.69, 9.17) is 4.74 Å². The number of aromatic nitrogens is 3. The Morgan fingerprint density at radius 1 is 1.43 bits per heavy atom. The molecule has 2 aromatic rings. The maximum atomic E-state index is 13.1. The highest BCUT2D eigenvalue weighted by atomic mass is 19.3. The van der Waals surface area contributed by atoms with E-state index in [0.29, 0.717) is 17.1 Å². The zero-order valence-electron chi connectivity index (χ0n) is 12.3. The number of carbonyl (C=O) groups excluding carboxylic acids is 1. The number of H-pyrrole nitrogens is 1. The van der Waals surface area contributed by atoms with Crippen molar-refractivity contribution in [2.24, 2.45) is 0 Å². The number of aromatic amines is 1. The molecular weight excluding hydrogens is 308 g/mol. The fraction of sp³-hybridized carbons (Fsp3) is 0.357. The molecule has 0 spiro atoms. The molecule has 3 N–H and O–H groups in total. The predicted octanol–water partition coefficient (Wildman–Crippen LogP) is 1.42. The van der Waals surface area contributed by atoms with Crippen molar-refractivity contribution in [1.29, 1.82) is 0 Å². The van der Waals surface area contributed by atoms with Gasteiger partial charge < -0.3 is 4.74 Å². The van der Waals surface area contributed by atoms with Crippen molar-refractivity contribution < 1.29 is 18.3 Å². The fourth-order valence-corrected chi connectivity index (χ4v) is 2.38. The number of hydrogen-bond acceptors (Lipinski definition) is 5. The smallest absolute Gasteiger partial charge is 0.262 e. The molecule has 9 heteroatoms. The largest absolute Gasteiger partial charge is 0.496 e. The first-order valence-corrected chi connectivity index (χ1v) is 6.96. The van der Waals surface area contributed by atoms with E-state index >= 15 is 0 Å². The van der Waals surface area contributed by atoms with E-state index in [9.17, 15) is 13.6 Å². The first-order chi connectivity index (χ1) is 11.0. The van der Waals surface area contributed by atoms with Crippen LogP contribution in [0.5, 0.6) is 5.75 Å². The molecule has 23 heavy (non-hydrogen) atoms. The molecule has 1 saturated heterocycles. The number of benzene rings is 1. The van der Waals surface area contributed by atoms with Gasteiger partial charge in [0.05, 0.1) is 25.3 Å². The van der Waals surface area contributed by atoms with Gasteiger partial charge in [0.2, 0.25) is 11.9 Å². The zero-order chi connectivity index (χ0) is 16.4. The van der Waals surface area contributed by atoms with Gasteiger partial charge in [0.15, 0.2) is 5.82 Å². The van der Waals surface area contributed by atoms with Crippen LogP contribution in [0, 0.1) is 0 Å². The van der Waals surface area contributed by atoms with Crippen molar-refractivity contribution in [1.82, 2.24) is 20.5 Å². The summed E-state index contributed by atoms with van der Waals surface area (Å²) in [6, 6.07) is 6.21. The van der Waals surface area contributed by atoms with Gasteiger partial charge in [-0.25, -0.2) is 8.78 Å². The molecule has 1 fully saturated rings. The van der Waals surface area contributed by atoms with E-state index in [2.05, 4.69) is 25.8 Å². The number of carbonyl (C=O) groups is 1. The van der Waals surface area contributed by atoms with E-state index in [1.807, 2.05) is 12.1 Å². The van der Waals surface area contributed by atoms with Crippen molar-refractivity contribution in [2.75, 3.05) is 19.0 Å². The number of halogens is 2. The van der Waals surface area contributed by atoms with Gasteiger partial charge in [-0.05, 0) is 12.1 Å². The number of rotatable bonds is 4. The second-order valence-corrected chi connectivity index (χ2v) is 5.19. The van der Waals surface area contributed by atoms with Gasteiger partial charge in [0, 0.05) is 6.42 Å². The quantitative estimate of drug-likeness (QED) is 0.791. The highest BCUT2D eigenvalue weighted by Gasteiger charge is 2.42. The second kappa shape index (κ2) is 5.92. The normalized spacial score (nSPS) is 19.5. The first-order valence-electron chi connectivity index (χ1n) is 6.96. The molecule has 1 unspecified atom stereocenters. The Morgan fingerprint density at radius 3 is 2.91 bits per heavy atom. The standard InChI is InChI=1S/C14H15F2N5O2/c1-23-10-5-3-2-4-8(10)11-18-13(21-20-11)19-12(22)9-6-14(15,16)7-17-9/h2-5,9,17H,6-7H2,1H3,(H2,18,19,20,21,22). The number of nitrogens with zero attached hydrogens (tertiary/aromatic N) is 2. The maximum Gasteiger partial charge on any atom is 0.262 e. The Morgan fingerprint density at radius 2 is 2.22 bits per heavy atom. The minimum absolute atomic E-state index is 0.0212. The molecular formula is C14H15F2N5O2. The number of para-hydroxylation sites is 1. The third-order valence-corrected chi connectivity index (χ3v) is 3.51. The Kier molecular flexibility index (Phi) is 3.95. The molecule has 1 amide bonds. The van der Waals surface area contributed by atoms with E-state index in [-0.39, 0.29) is 5.95 Å². The van der Waals surface area contributed by atoms with Crippen LogP contribution in [0.15, 0.2) is 24.3 Å². The number of amides is 1. The Labute approximate surface area is 130 Å². The zero-order valence-corrected chi connectivity index (χ0v) is 12.3. The van der Waals surface area contributed by atoms with Crippen LogP contribution in [0.25, 0.3) is 11.4 Å². The summed E-state index contributed by atoms with van der Waals surface area (Å²) in [6.07, 6.45) is -0.539. The summed E-state index contributed by atoms with van der Waals surface area (Å²) in [5, 5.41) is 11.5. The Balaban J connectivity index is 1.71. The molecule has 2 heterocycles. The molecule has 1 aliphatic rings. The molecule has 1 aliphatic heterocycles. The van der Waals surface area contributed by atoms with Gasteiger partial charge in [-0.3, -0.25) is 20.5 Å². The first kappa shape index (κ1) is 15.3. The average molecular weight is 323 g/mol. The Bertz CT molecular complexity index is 719. The van der Waals surface area contributed by atoms with Crippen LogP contribution in [0.1, 0.15) is 6.42 Å². The van der Waals surface area contributed by atoms with Crippen molar-refractivity contribution in [3.05, 3.63) is 24.3 Å². The molecule has 1 atom stereocenters. The highest BCUT2D eigenvalue weighted by molar-refractivity contribution is 5.93. The van der Waals surface area contributed by atoms with Gasteiger partial charge in [0.1, 0.15) is 5.75 Å². The van der Waals surface area contributed by atoms with Gasteiger partial charge in [-0.2, -0.15) is 4.98 Å². The topological polar surface area (TPSA) is 91.9 Å². The van der Waals surface area contributed by atoms with E-state index < -0.39 is 30.8 Å². The van der Waals surface area contributed by atoms with Crippen LogP contribution in [0.3, 0.4) is 0 Å². The third-order valence-electron chi connectivity index (χ3n) is 3.51. The van der Waals surface area contributed by atoms with E-state index in [1.165, 1.54) is 7.11 Å². The fourth-order valence-electron chi connectivity index (χ4n) is 2.38. The van der Waals surface area contributed by atoms with Crippen molar-refractivity contribution >= 4 is 11.9 Å². The molecule has 0 radical (unpaired) electrons. The summed E-state index contributed by atoms with van der Waals surface area (Å²) < 4.78 is 31.4. The summed E-state index contributed by atoms with van der Waals surface area (Å²) in [5.41, 5.74) is 0.675. The highest BCUT2D eigenvalue weighted by Crippen LogP contribution is 2.28. The summed E-state index contributed by atoms with van der Waals surface area (Å²) in [4.78, 5) is 16.1. The van der Waals surface area contributed by atoms with Crippen LogP contribution in [0.2, 0.25) is 0 Å². The molecule has 122 valence electrons. The lowest BCUT2D eigenvalue weighted by atomic mass is 10.2. The van der Waals surface area contributed by atoms with Gasteiger partial charge in [-0.1, -0.05) is 12.1 Å². The SMILES string of the molecule is COc1ccccc1-c1nc(NC(=O)C2CC(F)(F)CN2)n[nH]1. The van der Waals surface area contributed by atoms with E-state index in [1.54, 1.807) is 12.1 Å². The number of alkyl halides is 2. The third kappa shape index (κ3) is 3.29. The number of methoxy groups -OCH3 is 1. The second-order valence-electron chi connectivity index (χ2n) is 5.19. The molecule has 0 saturated carbocycles. The molecule has 0 bridgehead atoms. The molecule has 7 nitrogen and oxygen atoms in total. The molecule has 1 aromatic heterocycles. The van der Waals surface area contributed by atoms with Crippen molar-refractivity contribution in [3.63, 3.8) is 0 Å². The van der Waals surface area contributed by atoms with Crippen molar-refractivity contribution in [2.45, 2.75) is 18.4 Å². The molecule has 3 rings (SSSR count). The summed E-state index contributed by atoms with van der Waals surface area (Å²) in [7, 11) is 1.53. The van der Waals surface area contributed by atoms with Crippen LogP contribution < -0.4 is 15.4 Å². The van der Waals surface area contributed by atoms with Gasteiger partial charge in [0.25, 0.3) is 5.92 Å². The van der Waals surface area contributed by atoms with Crippen LogP contribution in [0.4, 0.5) is 14.7 Å². The summed E-state index contributed by atoms with van der Waals surface area (Å²) in [5.74, 6) is -2.44. The monoisotopic (exact) mass is 323 g/mol. The minimum Gasteiger partial charge on any atom is -0.496 e. The van der Waals surface area contributed by atoms with Crippen LogP contribution in [-0.4, -0.2) is 46.7 Å². The van der Waals surface area contributed by atoms with E-state index in [0.717, 1.165) is 0 Å². The van der Waals surface area contributed by atoms with Gasteiger partial charge in [-0.15, -0.1) is 5.10 Å². The number of anilines is 1.